The molecule has 614 valence electrons. The SMILES string of the molecule is CC(=O)N[C@@H]1[C@@H](O[C@@H]2O[C@@H](C)[C@@H](O)[C@@H](O)[C@@H]2O)[C@H](O[C@@H]2O[C@H](CO)[C@@H](O[C@@H]3O[C@H](CO[C@H]4O[C@H](CO)[C@@H](O)[C@H](O)[C@@H]4O)[C@@H](O)[C@H](O[C@H]4O[C@H](CO)[C@@H](O)[C@H](O)[C@@H]4O[C@@H]4O[C@H](CO)[C@@H](O[C@@H]5O[C@H](CO)[C@H](O)[C@H](O)[C@H]5O)[C@H](O)[C@H]4NC(C)=O)[C@@H]3O[C@@H]3OC[C@@H](O)[C@H](O)[C@H]3O)[C@H](O)[C@H]2NC(C)=O)[C@@H](CO)O[C@H]1O. The van der Waals surface area contributed by atoms with Crippen LogP contribution in [-0.2, 0) is 94.9 Å². The molecule has 9 heterocycles. The second-order valence-corrected chi connectivity index (χ2v) is 27.0. The topological polar surface area (TPSA) is 730 Å². The second kappa shape index (κ2) is 37.6. The molecule has 106 heavy (non-hydrogen) atoms. The summed E-state index contributed by atoms with van der Waals surface area (Å²) in [5, 5.41) is 272. The molecule has 44 atom stereocenters. The molecule has 0 aromatic rings. The lowest BCUT2D eigenvalue weighted by molar-refractivity contribution is -0.412. The lowest BCUT2D eigenvalue weighted by atomic mass is 9.93. The first kappa shape index (κ1) is 86.7. The number of aliphatic hydroxyl groups excluding tert-OH is 24. The standard InChI is InChI=1S/C59H99N3O44/c1-13-28(73)36(81)42(87)56(92-13)103-47-27(62-16(4)71)51(89)93-23(10-68)46(47)102-52-25(60-14(2)69)35(80)45(22(9-67)97-52)101-59-50(106-55-40(85)29(74)17(72)11-90-55)48(33(78)24(99-59)12-91-54-41(86)37(82)30(75)18(5-63)94-54)104-58-49(39(84)32(77)20(7-65)96-58)105-53-26(61-15(3)70)34(79)44(21(8-66)98-53)100-57-43(88)38(83)31(76)19(6-64)95-57/h13,17-59,63-68,72-89H,5-12H2,1-4H3,(H,60,69)(H,61,70)(H,62,71)/t13-,17+,18+,19+,20+,21+,22+,23+,24+,25+,26+,27+,28+,29-,30+,31-,32+,33+,34+,35+,36+,37-,38-,39-,40+,41-,42-,43+,44+,45+,46+,47+,48-,49-,50-,51+,52-,53-,54-,55-,56-,57-,58+,59-/m0/s1. The van der Waals surface area contributed by atoms with Crippen LogP contribution in [0.2, 0.25) is 0 Å². The molecule has 47 heteroatoms. The van der Waals surface area contributed by atoms with Crippen LogP contribution in [0.5, 0.6) is 0 Å². The van der Waals surface area contributed by atoms with Crippen LogP contribution in [0.25, 0.3) is 0 Å². The van der Waals surface area contributed by atoms with E-state index >= 15 is 0 Å². The predicted molar refractivity (Wildman–Crippen MR) is 324 cm³/mol. The smallest absolute Gasteiger partial charge is 0.217 e. The van der Waals surface area contributed by atoms with Crippen LogP contribution in [0, 0.1) is 0 Å². The molecule has 0 spiro atoms. The number of hydrogen-bond acceptors (Lipinski definition) is 44. The van der Waals surface area contributed by atoms with Crippen LogP contribution >= 0.6 is 0 Å². The van der Waals surface area contributed by atoms with Crippen LogP contribution in [0.15, 0.2) is 0 Å². The molecule has 0 aromatic carbocycles. The zero-order valence-corrected chi connectivity index (χ0v) is 57.0. The Bertz CT molecular complexity index is 2770. The summed E-state index contributed by atoms with van der Waals surface area (Å²) in [6.45, 7) is -4.40. The van der Waals surface area contributed by atoms with E-state index < -0.39 is 341 Å². The molecule has 9 fully saturated rings. The van der Waals surface area contributed by atoms with E-state index in [4.69, 9.17) is 80.5 Å². The summed E-state index contributed by atoms with van der Waals surface area (Å²) in [6.07, 6.45) is -84.6. The van der Waals surface area contributed by atoms with Gasteiger partial charge in [-0.15, -0.1) is 0 Å². The molecule has 0 bridgehead atoms. The van der Waals surface area contributed by atoms with Gasteiger partial charge in [0, 0.05) is 20.8 Å². The van der Waals surface area contributed by atoms with E-state index in [1.165, 1.54) is 6.92 Å². The number of aliphatic hydroxyl groups is 24. The first-order valence-corrected chi connectivity index (χ1v) is 33.9. The van der Waals surface area contributed by atoms with Crippen molar-refractivity contribution >= 4 is 17.7 Å². The Morgan fingerprint density at radius 1 is 0.302 bits per heavy atom. The van der Waals surface area contributed by atoms with Gasteiger partial charge in [-0.2, -0.15) is 0 Å². The minimum absolute atomic E-state index is 0.832. The van der Waals surface area contributed by atoms with E-state index in [-0.39, 0.29) is 0 Å². The van der Waals surface area contributed by atoms with E-state index in [2.05, 4.69) is 16.0 Å². The van der Waals surface area contributed by atoms with Crippen LogP contribution in [0.3, 0.4) is 0 Å². The number of carbonyl (C=O) groups excluding carboxylic acids is 3. The normalized spacial score (nSPS) is 50.4. The summed E-state index contributed by atoms with van der Waals surface area (Å²) in [5.41, 5.74) is 0. The molecule has 0 radical (unpaired) electrons. The summed E-state index contributed by atoms with van der Waals surface area (Å²) in [5.74, 6) is -2.79. The minimum atomic E-state index is -2.47. The van der Waals surface area contributed by atoms with Gasteiger partial charge in [0.05, 0.1) is 59.0 Å². The molecule has 47 nitrogen and oxygen atoms in total. The third kappa shape index (κ3) is 18.8. The van der Waals surface area contributed by atoms with E-state index in [1.54, 1.807) is 0 Å². The molecule has 9 aliphatic rings. The van der Waals surface area contributed by atoms with Crippen LogP contribution in [-0.4, -0.2) is 463 Å². The summed E-state index contributed by atoms with van der Waals surface area (Å²) in [6, 6.07) is -5.73. The molecule has 9 saturated heterocycles. The van der Waals surface area contributed by atoms with Crippen molar-refractivity contribution in [2.75, 3.05) is 52.9 Å². The average Bonchev–Trinajstić information content (AvgIpc) is 0.767. The van der Waals surface area contributed by atoms with Crippen molar-refractivity contribution < 1.29 is 217 Å². The highest BCUT2D eigenvalue weighted by Gasteiger charge is 2.61. The Balaban J connectivity index is 1.10. The molecule has 0 aliphatic carbocycles. The van der Waals surface area contributed by atoms with Gasteiger partial charge in [0.25, 0.3) is 0 Å². The number of carbonyl (C=O) groups is 3. The van der Waals surface area contributed by atoms with Crippen LogP contribution in [0.1, 0.15) is 27.7 Å². The van der Waals surface area contributed by atoms with Crippen molar-refractivity contribution in [1.82, 2.24) is 16.0 Å². The predicted octanol–water partition coefficient (Wildman–Crippen LogP) is -18.5. The van der Waals surface area contributed by atoms with Crippen molar-refractivity contribution in [3.05, 3.63) is 0 Å². The fourth-order valence-electron chi connectivity index (χ4n) is 13.7. The largest absolute Gasteiger partial charge is 0.394 e. The summed E-state index contributed by atoms with van der Waals surface area (Å²) in [4.78, 5) is 39.0. The monoisotopic (exact) mass is 1550 g/mol. The first-order valence-electron chi connectivity index (χ1n) is 33.9. The Labute approximate surface area is 600 Å². The average molecular weight is 1550 g/mol. The lowest BCUT2D eigenvalue weighted by Gasteiger charge is -2.52. The van der Waals surface area contributed by atoms with Crippen LogP contribution in [0.4, 0.5) is 0 Å². The van der Waals surface area contributed by atoms with Gasteiger partial charge in [-0.25, -0.2) is 0 Å². The Morgan fingerprint density at radius 3 is 1.17 bits per heavy atom. The molecule has 0 unspecified atom stereocenters. The number of amides is 3. The van der Waals surface area contributed by atoms with Gasteiger partial charge in [-0.1, -0.05) is 0 Å². The fraction of sp³-hybridized carbons (Fsp3) is 0.949. The number of ether oxygens (including phenoxy) is 17. The first-order chi connectivity index (χ1) is 50.1. The summed E-state index contributed by atoms with van der Waals surface area (Å²) >= 11 is 0. The number of nitrogens with one attached hydrogen (secondary N) is 3. The van der Waals surface area contributed by atoms with Crippen LogP contribution < -0.4 is 16.0 Å². The molecule has 0 saturated carbocycles. The maximum atomic E-state index is 13.3. The van der Waals surface area contributed by atoms with Crippen molar-refractivity contribution in [2.24, 2.45) is 0 Å². The van der Waals surface area contributed by atoms with Gasteiger partial charge in [0.1, 0.15) is 207 Å². The molecular formula is C59H99N3O44. The van der Waals surface area contributed by atoms with Gasteiger partial charge < -0.3 is 219 Å². The highest BCUT2D eigenvalue weighted by Crippen LogP contribution is 2.41. The fourth-order valence-corrected chi connectivity index (χ4v) is 13.7. The number of rotatable bonds is 26. The molecule has 3 amide bonds. The Kier molecular flexibility index (Phi) is 30.8. The van der Waals surface area contributed by atoms with Crippen molar-refractivity contribution in [3.8, 4) is 0 Å². The Hall–Kier alpha value is -3.23. The quantitative estimate of drug-likeness (QED) is 0.0382. The zero-order valence-electron chi connectivity index (χ0n) is 57.0. The van der Waals surface area contributed by atoms with E-state index in [1.807, 2.05) is 0 Å². The second-order valence-electron chi connectivity index (χ2n) is 27.0. The van der Waals surface area contributed by atoms with Gasteiger partial charge in [-0.05, 0) is 6.92 Å². The molecule has 0 aromatic heterocycles. The molecule has 9 aliphatic heterocycles. The number of hydrogen-bond donors (Lipinski definition) is 27. The van der Waals surface area contributed by atoms with Crippen molar-refractivity contribution in [1.29, 1.82) is 0 Å². The van der Waals surface area contributed by atoms with Crippen molar-refractivity contribution in [3.63, 3.8) is 0 Å². The molecule has 27 N–H and O–H groups in total. The van der Waals surface area contributed by atoms with E-state index in [0.29, 0.717) is 0 Å². The minimum Gasteiger partial charge on any atom is -0.394 e. The van der Waals surface area contributed by atoms with Gasteiger partial charge in [0.15, 0.2) is 56.6 Å². The third-order valence-corrected chi connectivity index (χ3v) is 19.5. The maximum absolute atomic E-state index is 13.3. The van der Waals surface area contributed by atoms with Crippen molar-refractivity contribution in [2.45, 2.75) is 298 Å². The maximum Gasteiger partial charge on any atom is 0.217 e. The zero-order chi connectivity index (χ0) is 77.9. The highest BCUT2D eigenvalue weighted by molar-refractivity contribution is 5.74. The van der Waals surface area contributed by atoms with E-state index in [9.17, 15) is 137 Å². The highest BCUT2D eigenvalue weighted by atomic mass is 16.8. The molecular weight excluding hydrogens is 1450 g/mol. The third-order valence-electron chi connectivity index (χ3n) is 19.5. The van der Waals surface area contributed by atoms with Gasteiger partial charge in [0.2, 0.25) is 17.7 Å². The van der Waals surface area contributed by atoms with Gasteiger partial charge in [-0.3, -0.25) is 14.4 Å². The van der Waals surface area contributed by atoms with E-state index in [0.717, 1.165) is 20.8 Å². The lowest BCUT2D eigenvalue weighted by Crippen LogP contribution is -2.72. The van der Waals surface area contributed by atoms with Gasteiger partial charge >= 0.3 is 0 Å². The Morgan fingerprint density at radius 2 is 0.660 bits per heavy atom. The summed E-state index contributed by atoms with van der Waals surface area (Å²) in [7, 11) is 0. The summed E-state index contributed by atoms with van der Waals surface area (Å²) < 4.78 is 102. The molecule has 9 rings (SSSR count).